The van der Waals surface area contributed by atoms with Gasteiger partial charge in [0.2, 0.25) is 0 Å². The number of nitrogens with zero attached hydrogens (tertiary/aromatic N) is 2. The number of aromatic amines is 2. The quantitative estimate of drug-likeness (QED) is 0.116. The van der Waals surface area contributed by atoms with Crippen molar-refractivity contribution in [3.8, 4) is 46.0 Å². The molecule has 0 atom stereocenters. The van der Waals surface area contributed by atoms with E-state index in [1.807, 2.05) is 109 Å². The molecule has 0 radical (unpaired) electrons. The van der Waals surface area contributed by atoms with Gasteiger partial charge in [0.1, 0.15) is 57.3 Å². The first kappa shape index (κ1) is 53.0. The number of ether oxygens (including phenoxy) is 4. The van der Waals surface area contributed by atoms with Crippen molar-refractivity contribution >= 4 is 98.0 Å². The van der Waals surface area contributed by atoms with Crippen molar-refractivity contribution in [3.63, 3.8) is 0 Å². The third kappa shape index (κ3) is 8.20. The maximum Gasteiger partial charge on any atom is 0.264 e. The van der Waals surface area contributed by atoms with Crippen LogP contribution in [0.4, 0.5) is 0 Å². The van der Waals surface area contributed by atoms with Crippen LogP contribution < -0.4 is 30.1 Å². The van der Waals surface area contributed by atoms with E-state index in [9.17, 15) is 0 Å². The maximum absolute atomic E-state index is 15.9. The second-order valence-corrected chi connectivity index (χ2v) is 27.5. The summed E-state index contributed by atoms with van der Waals surface area (Å²) in [4.78, 5) is 39.2. The van der Waals surface area contributed by atoms with Gasteiger partial charge in [0.15, 0.2) is 0 Å². The van der Waals surface area contributed by atoms with Crippen molar-refractivity contribution in [2.45, 2.75) is 105 Å². The van der Waals surface area contributed by atoms with Crippen LogP contribution in [0.2, 0.25) is 0 Å². The Bertz CT molecular complexity index is 5030. The summed E-state index contributed by atoms with van der Waals surface area (Å²) in [5.41, 5.74) is 7.94. The Morgan fingerprint density at radius 3 is 0.826 bits per heavy atom. The van der Waals surface area contributed by atoms with Crippen molar-refractivity contribution in [3.05, 3.63) is 213 Å². The van der Waals surface area contributed by atoms with Crippen LogP contribution in [-0.2, 0) is 21.7 Å². The van der Waals surface area contributed by atoms with Gasteiger partial charge in [-0.15, -0.1) is 0 Å². The Labute approximate surface area is 496 Å². The van der Waals surface area contributed by atoms with Crippen molar-refractivity contribution < 1.29 is 18.9 Å². The fourth-order valence-electron chi connectivity index (χ4n) is 13.0. The van der Waals surface area contributed by atoms with E-state index in [1.165, 1.54) is 0 Å². The highest BCUT2D eigenvalue weighted by Gasteiger charge is 2.33. The SMILES string of the molecule is CC(C)(C)c1ccc(Oc2cc3c(=O)n4c5ccccc5[nH]c4c4cc(Oc5ccc(C(C)(C)C)cc5)c5c6c(Oc7ccc(C(C)(C)C)cc7)cc7c8c(cc(Oc9ccc(C(C)(C)C)cc9)c(c2c5c34)c68)c(=O)n2c3ccccc3[nH]c72)cc1. The predicted molar refractivity (Wildman–Crippen MR) is 353 cm³/mol. The van der Waals surface area contributed by atoms with Gasteiger partial charge in [-0.05, 0) is 141 Å². The zero-order chi connectivity index (χ0) is 59.7. The molecule has 86 heavy (non-hydrogen) atoms. The largest absolute Gasteiger partial charge is 0.457 e. The number of para-hydroxylation sites is 4. The van der Waals surface area contributed by atoms with E-state index in [1.54, 1.807) is 8.80 Å². The molecular weight excluding hydrogens is 1060 g/mol. The van der Waals surface area contributed by atoms with Crippen LogP contribution in [0.3, 0.4) is 0 Å². The minimum absolute atomic E-state index is 0.117. The molecule has 4 aromatic heterocycles. The van der Waals surface area contributed by atoms with E-state index in [0.717, 1.165) is 55.1 Å². The molecule has 0 saturated carbocycles. The zero-order valence-electron chi connectivity index (χ0n) is 50.5. The van der Waals surface area contributed by atoms with Crippen molar-refractivity contribution in [2.75, 3.05) is 0 Å². The van der Waals surface area contributed by atoms with Crippen LogP contribution >= 0.6 is 0 Å². The molecule has 0 aliphatic heterocycles. The van der Waals surface area contributed by atoms with Crippen LogP contribution in [0.25, 0.3) is 98.0 Å². The molecule has 0 bridgehead atoms. The third-order valence-corrected chi connectivity index (χ3v) is 17.6. The van der Waals surface area contributed by atoms with Gasteiger partial charge in [0.25, 0.3) is 11.1 Å². The number of imidazole rings is 2. The van der Waals surface area contributed by atoms with Gasteiger partial charge in [0, 0.05) is 53.9 Å². The Morgan fingerprint density at radius 2 is 0.558 bits per heavy atom. The first-order chi connectivity index (χ1) is 41.0. The van der Waals surface area contributed by atoms with Gasteiger partial charge >= 0.3 is 0 Å². The van der Waals surface area contributed by atoms with Crippen molar-refractivity contribution in [1.29, 1.82) is 0 Å². The predicted octanol–water partition coefficient (Wildman–Crippen LogP) is 20.0. The van der Waals surface area contributed by atoms with Crippen molar-refractivity contribution in [1.82, 2.24) is 18.8 Å². The molecule has 4 heterocycles. The van der Waals surface area contributed by atoms with Gasteiger partial charge in [-0.3, -0.25) is 18.4 Å². The summed E-state index contributed by atoms with van der Waals surface area (Å²) in [6.07, 6.45) is 0. The number of pyridine rings is 2. The van der Waals surface area contributed by atoms with Gasteiger partial charge in [-0.2, -0.15) is 0 Å². The lowest BCUT2D eigenvalue weighted by Crippen LogP contribution is -2.15. The summed E-state index contributed by atoms with van der Waals surface area (Å²) in [6.45, 7) is 26.3. The molecule has 0 aliphatic rings. The number of fused-ring (bicyclic) bond motifs is 10. The van der Waals surface area contributed by atoms with Crippen molar-refractivity contribution in [2.24, 2.45) is 0 Å². The maximum atomic E-state index is 15.9. The minimum atomic E-state index is -0.224. The highest BCUT2D eigenvalue weighted by molar-refractivity contribution is 6.45. The Kier molecular flexibility index (Phi) is 11.3. The zero-order valence-corrected chi connectivity index (χ0v) is 50.5. The van der Waals surface area contributed by atoms with Gasteiger partial charge in [0.05, 0.1) is 32.8 Å². The lowest BCUT2D eigenvalue weighted by molar-refractivity contribution is 0.482. The average Bonchev–Trinajstić information content (AvgIpc) is 0.938. The van der Waals surface area contributed by atoms with E-state index in [2.05, 4.69) is 154 Å². The number of rotatable bonds is 8. The molecule has 15 aromatic rings. The summed E-state index contributed by atoms with van der Waals surface area (Å²) in [5, 5.41) is 7.80. The number of aromatic nitrogens is 4. The summed E-state index contributed by atoms with van der Waals surface area (Å²) in [7, 11) is 0. The smallest absolute Gasteiger partial charge is 0.264 e. The molecule has 11 aromatic carbocycles. The fourth-order valence-corrected chi connectivity index (χ4v) is 13.0. The van der Waals surface area contributed by atoms with Crippen LogP contribution in [0.5, 0.6) is 46.0 Å². The van der Waals surface area contributed by atoms with E-state index in [4.69, 9.17) is 18.9 Å². The first-order valence-electron chi connectivity index (χ1n) is 29.6. The highest BCUT2D eigenvalue weighted by atomic mass is 16.5. The molecule has 426 valence electrons. The number of nitrogens with one attached hydrogen (secondary N) is 2. The van der Waals surface area contributed by atoms with E-state index >= 15 is 9.59 Å². The van der Waals surface area contributed by atoms with Gasteiger partial charge in [-0.1, -0.05) is 156 Å². The Hall–Kier alpha value is -9.80. The Balaban J connectivity index is 1.19. The monoisotopic (exact) mass is 1130 g/mol. The average molecular weight is 1130 g/mol. The second kappa shape index (κ2) is 18.4. The van der Waals surface area contributed by atoms with Crippen LogP contribution in [-0.4, -0.2) is 18.8 Å². The van der Waals surface area contributed by atoms with E-state index in [-0.39, 0.29) is 32.8 Å². The lowest BCUT2D eigenvalue weighted by atomic mass is 9.84. The number of hydrogen-bond donors (Lipinski definition) is 2. The molecule has 0 spiro atoms. The summed E-state index contributed by atoms with van der Waals surface area (Å²) < 4.78 is 33.3. The van der Waals surface area contributed by atoms with Crippen LogP contribution in [0.1, 0.15) is 105 Å². The highest BCUT2D eigenvalue weighted by Crippen LogP contribution is 2.58. The van der Waals surface area contributed by atoms with Gasteiger partial charge < -0.3 is 28.9 Å². The second-order valence-electron chi connectivity index (χ2n) is 27.5. The minimum Gasteiger partial charge on any atom is -0.457 e. The molecule has 0 saturated heterocycles. The molecule has 0 amide bonds. The lowest BCUT2D eigenvalue weighted by Gasteiger charge is -2.26. The van der Waals surface area contributed by atoms with Crippen LogP contribution in [0, 0.1) is 0 Å². The molecule has 0 aliphatic carbocycles. The molecule has 0 fully saturated rings. The summed E-state index contributed by atoms with van der Waals surface area (Å²) in [5.74, 6) is 4.18. The van der Waals surface area contributed by atoms with E-state index in [0.29, 0.717) is 111 Å². The van der Waals surface area contributed by atoms with E-state index < -0.39 is 0 Å². The summed E-state index contributed by atoms with van der Waals surface area (Å²) in [6, 6.07) is 56.6. The molecular formula is C76H66N4O6. The first-order valence-corrected chi connectivity index (χ1v) is 29.6. The standard InChI is InChI=1S/C76H66N4O6/c1-73(2,3)41-21-29-45(30-22-41)83-57-37-49-61-51(71(81)79-55-19-15-13-17-53(55)77-69(49)79)39-59(85-47-33-25-43(26-34-47)75(7,8)9)65-66-60(86-48-35-27-44(28-36-48)76(10,11)12)40-52-62-50(70-78-54-18-14-16-20-56(54)80(70)72(52)82)38-58(64(68(62)66)63(57)67(61)65)84-46-31-23-42(24-32-46)74(4,5)6/h13-40,77-78H,1-12H3. The molecule has 0 unspecified atom stereocenters. The molecule has 10 heteroatoms. The Morgan fingerprint density at radius 1 is 0.302 bits per heavy atom. The third-order valence-electron chi connectivity index (χ3n) is 17.6. The fraction of sp³-hybridized carbons (Fsp3) is 0.211. The number of H-pyrrole nitrogens is 2. The topological polar surface area (TPSA) is 111 Å². The molecule has 15 rings (SSSR count). The summed E-state index contributed by atoms with van der Waals surface area (Å²) >= 11 is 0. The molecule has 10 nitrogen and oxygen atoms in total. The molecule has 2 N–H and O–H groups in total. The van der Waals surface area contributed by atoms with Gasteiger partial charge in [-0.25, -0.2) is 0 Å². The normalized spacial score (nSPS) is 13.0. The number of hydrogen-bond acceptors (Lipinski definition) is 6. The van der Waals surface area contributed by atoms with Crippen LogP contribution in [0.15, 0.2) is 179 Å². The number of benzene rings is 11.